The second-order valence-electron chi connectivity index (χ2n) is 3.15. The first-order chi connectivity index (χ1) is 6.76. The smallest absolute Gasteiger partial charge is 0.214 e. The predicted molar refractivity (Wildman–Crippen MR) is 54.1 cm³/mol. The molecule has 0 unspecified atom stereocenters. The number of rotatable bonds is 4. The fourth-order valence-electron chi connectivity index (χ4n) is 1.10. The summed E-state index contributed by atoms with van der Waals surface area (Å²) >= 11 is 0. The van der Waals surface area contributed by atoms with Crippen LogP contribution < -0.4 is 4.74 Å². The second-order valence-corrected chi connectivity index (χ2v) is 3.15. The number of hydrogen-bond acceptors (Lipinski definition) is 3. The van der Waals surface area contributed by atoms with Crippen molar-refractivity contribution in [3.8, 4) is 11.9 Å². The van der Waals surface area contributed by atoms with Gasteiger partial charge in [-0.05, 0) is 19.4 Å². The minimum Gasteiger partial charge on any atom is -0.478 e. The highest BCUT2D eigenvalue weighted by Crippen LogP contribution is 2.11. The van der Waals surface area contributed by atoms with Gasteiger partial charge in [0, 0.05) is 11.8 Å². The van der Waals surface area contributed by atoms with Gasteiger partial charge in [-0.25, -0.2) is 4.98 Å². The summed E-state index contributed by atoms with van der Waals surface area (Å²) in [4.78, 5) is 4.18. The van der Waals surface area contributed by atoms with Crippen molar-refractivity contribution >= 4 is 0 Å². The summed E-state index contributed by atoms with van der Waals surface area (Å²) in [5.74, 6) is 0.551. The lowest BCUT2D eigenvalue weighted by Gasteiger charge is -2.04. The molecule has 1 rings (SSSR count). The van der Waals surface area contributed by atoms with Crippen molar-refractivity contribution in [1.82, 2.24) is 4.98 Å². The average molecular weight is 190 g/mol. The van der Waals surface area contributed by atoms with Gasteiger partial charge < -0.3 is 4.74 Å². The Morgan fingerprint density at radius 1 is 1.50 bits per heavy atom. The Hall–Kier alpha value is -1.56. The highest BCUT2D eigenvalue weighted by molar-refractivity contribution is 5.33. The Morgan fingerprint density at radius 2 is 2.29 bits per heavy atom. The normalized spacial score (nSPS) is 9.50. The molecule has 0 saturated heterocycles. The van der Waals surface area contributed by atoms with Crippen molar-refractivity contribution in [2.75, 3.05) is 6.61 Å². The van der Waals surface area contributed by atoms with E-state index in [1.807, 2.05) is 6.92 Å². The van der Waals surface area contributed by atoms with Crippen LogP contribution in [-0.4, -0.2) is 11.6 Å². The van der Waals surface area contributed by atoms with Crippen LogP contribution >= 0.6 is 0 Å². The Balaban J connectivity index is 2.68. The molecule has 0 aliphatic heterocycles. The Kier molecular flexibility index (Phi) is 3.93. The van der Waals surface area contributed by atoms with Crippen molar-refractivity contribution in [1.29, 1.82) is 5.26 Å². The van der Waals surface area contributed by atoms with E-state index in [1.54, 1.807) is 12.1 Å². The molecule has 0 N–H and O–H groups in total. The highest BCUT2D eigenvalue weighted by Gasteiger charge is 1.99. The molecule has 0 aliphatic rings. The van der Waals surface area contributed by atoms with Gasteiger partial charge in [0.1, 0.15) is 0 Å². The maximum atomic E-state index is 8.72. The van der Waals surface area contributed by atoms with Crippen LogP contribution in [0, 0.1) is 18.3 Å². The highest BCUT2D eigenvalue weighted by atomic mass is 16.5. The molecule has 0 bridgehead atoms. The molecule has 0 amide bonds. The molecule has 0 atom stereocenters. The summed E-state index contributed by atoms with van der Waals surface area (Å²) in [6.45, 7) is 4.62. The van der Waals surface area contributed by atoms with Crippen molar-refractivity contribution < 1.29 is 4.74 Å². The fourth-order valence-corrected chi connectivity index (χ4v) is 1.10. The monoisotopic (exact) mass is 190 g/mol. The number of unbranched alkanes of at least 4 members (excludes halogenated alkanes) is 1. The van der Waals surface area contributed by atoms with Crippen LogP contribution in [0.25, 0.3) is 0 Å². The molecule has 1 heterocycles. The topological polar surface area (TPSA) is 45.9 Å². The molecule has 0 saturated carbocycles. The van der Waals surface area contributed by atoms with E-state index in [0.29, 0.717) is 18.1 Å². The van der Waals surface area contributed by atoms with Crippen LogP contribution in [0.15, 0.2) is 12.1 Å². The van der Waals surface area contributed by atoms with Crippen molar-refractivity contribution in [3.63, 3.8) is 0 Å². The molecule has 0 aromatic carbocycles. The standard InChI is InChI=1S/C11H14N2O/c1-3-4-5-14-11-7-10(8-12)6-9(2)13-11/h6-7H,3-5H2,1-2H3. The van der Waals surface area contributed by atoms with Crippen LogP contribution in [-0.2, 0) is 0 Å². The van der Waals surface area contributed by atoms with Gasteiger partial charge in [0.15, 0.2) is 0 Å². The summed E-state index contributed by atoms with van der Waals surface area (Å²) in [6, 6.07) is 5.49. The van der Waals surface area contributed by atoms with Gasteiger partial charge in [-0.1, -0.05) is 13.3 Å². The number of hydrogen-bond donors (Lipinski definition) is 0. The number of nitrogens with zero attached hydrogens (tertiary/aromatic N) is 2. The van der Waals surface area contributed by atoms with Crippen LogP contribution in [0.1, 0.15) is 31.0 Å². The molecule has 14 heavy (non-hydrogen) atoms. The van der Waals surface area contributed by atoms with E-state index < -0.39 is 0 Å². The molecule has 3 heteroatoms. The van der Waals surface area contributed by atoms with E-state index >= 15 is 0 Å². The first kappa shape index (κ1) is 10.5. The van der Waals surface area contributed by atoms with E-state index in [0.717, 1.165) is 18.5 Å². The van der Waals surface area contributed by atoms with Crippen LogP contribution in [0.4, 0.5) is 0 Å². The van der Waals surface area contributed by atoms with Gasteiger partial charge >= 0.3 is 0 Å². The lowest BCUT2D eigenvalue weighted by atomic mass is 10.2. The number of aryl methyl sites for hydroxylation is 1. The van der Waals surface area contributed by atoms with Crippen LogP contribution in [0.3, 0.4) is 0 Å². The number of aromatic nitrogens is 1. The third kappa shape index (κ3) is 3.06. The summed E-state index contributed by atoms with van der Waals surface area (Å²) in [5, 5.41) is 8.72. The predicted octanol–water partition coefficient (Wildman–Crippen LogP) is 2.44. The summed E-state index contributed by atoms with van der Waals surface area (Å²) in [7, 11) is 0. The van der Waals surface area contributed by atoms with Crippen molar-refractivity contribution in [2.45, 2.75) is 26.7 Å². The van der Waals surface area contributed by atoms with Gasteiger partial charge in [0.25, 0.3) is 0 Å². The third-order valence-corrected chi connectivity index (χ3v) is 1.81. The number of nitriles is 1. The summed E-state index contributed by atoms with van der Waals surface area (Å²) in [6.07, 6.45) is 2.11. The quantitative estimate of drug-likeness (QED) is 0.685. The van der Waals surface area contributed by atoms with E-state index in [1.165, 1.54) is 0 Å². The maximum Gasteiger partial charge on any atom is 0.214 e. The van der Waals surface area contributed by atoms with E-state index in [-0.39, 0.29) is 0 Å². The lowest BCUT2D eigenvalue weighted by Crippen LogP contribution is -1.99. The molecular formula is C11H14N2O. The zero-order valence-corrected chi connectivity index (χ0v) is 8.58. The fraction of sp³-hybridized carbons (Fsp3) is 0.455. The molecule has 3 nitrogen and oxygen atoms in total. The van der Waals surface area contributed by atoms with Gasteiger partial charge in [0.05, 0.1) is 18.2 Å². The average Bonchev–Trinajstić information content (AvgIpc) is 2.17. The van der Waals surface area contributed by atoms with E-state index in [9.17, 15) is 0 Å². The third-order valence-electron chi connectivity index (χ3n) is 1.81. The Labute approximate surface area is 84.3 Å². The molecule has 0 radical (unpaired) electrons. The van der Waals surface area contributed by atoms with Crippen LogP contribution in [0.5, 0.6) is 5.88 Å². The molecule has 74 valence electrons. The second kappa shape index (κ2) is 5.23. The zero-order chi connectivity index (χ0) is 10.4. The van der Waals surface area contributed by atoms with Gasteiger partial charge in [-0.15, -0.1) is 0 Å². The first-order valence-corrected chi connectivity index (χ1v) is 4.78. The summed E-state index contributed by atoms with van der Waals surface area (Å²) < 4.78 is 5.41. The Bertz CT molecular complexity index is 342. The minimum atomic E-state index is 0.551. The number of ether oxygens (including phenoxy) is 1. The van der Waals surface area contributed by atoms with Gasteiger partial charge in [0.2, 0.25) is 5.88 Å². The largest absolute Gasteiger partial charge is 0.478 e. The SMILES string of the molecule is CCCCOc1cc(C#N)cc(C)n1. The molecule has 0 fully saturated rings. The molecular weight excluding hydrogens is 176 g/mol. The maximum absolute atomic E-state index is 8.72. The molecule has 1 aromatic rings. The van der Waals surface area contributed by atoms with Crippen LogP contribution in [0.2, 0.25) is 0 Å². The van der Waals surface area contributed by atoms with E-state index in [2.05, 4.69) is 18.0 Å². The lowest BCUT2D eigenvalue weighted by molar-refractivity contribution is 0.297. The molecule has 1 aromatic heterocycles. The summed E-state index contributed by atoms with van der Waals surface area (Å²) in [5.41, 5.74) is 1.42. The van der Waals surface area contributed by atoms with Crippen molar-refractivity contribution in [3.05, 3.63) is 23.4 Å². The van der Waals surface area contributed by atoms with Gasteiger partial charge in [-0.2, -0.15) is 5.26 Å². The zero-order valence-electron chi connectivity index (χ0n) is 8.58. The van der Waals surface area contributed by atoms with Crippen molar-refractivity contribution in [2.24, 2.45) is 0 Å². The number of pyridine rings is 1. The van der Waals surface area contributed by atoms with Gasteiger partial charge in [-0.3, -0.25) is 0 Å². The van der Waals surface area contributed by atoms with E-state index in [4.69, 9.17) is 10.00 Å². The molecule has 0 aliphatic carbocycles. The minimum absolute atomic E-state index is 0.551. The first-order valence-electron chi connectivity index (χ1n) is 4.78. The Morgan fingerprint density at radius 3 is 2.93 bits per heavy atom. The molecule has 0 spiro atoms.